The molecule has 35 nitrogen and oxygen atoms in total. The van der Waals surface area contributed by atoms with Crippen molar-refractivity contribution >= 4 is 116 Å². The number of pyridine rings is 5. The summed E-state index contributed by atoms with van der Waals surface area (Å²) < 4.78 is 83.0. The number of hydrogen-bond acceptors (Lipinski definition) is 32. The number of nitrogen functional groups attached to an aromatic ring is 2. The molecule has 12 heterocycles. The fourth-order valence-corrected chi connectivity index (χ4v) is 19.0. The highest BCUT2D eigenvalue weighted by Crippen LogP contribution is 2.50. The first kappa shape index (κ1) is 126. The van der Waals surface area contributed by atoms with Crippen LogP contribution >= 0.6 is 31.9 Å². The van der Waals surface area contributed by atoms with Crippen LogP contribution in [0.25, 0.3) is 11.1 Å². The summed E-state index contributed by atoms with van der Waals surface area (Å²) in [5.74, 6) is -1.48. The van der Waals surface area contributed by atoms with Crippen LogP contribution in [0.2, 0.25) is 0 Å². The van der Waals surface area contributed by atoms with E-state index < -0.39 is 101 Å². The molecule has 0 spiro atoms. The molecule has 8 aliphatic rings. The Balaban J connectivity index is 0.000000238. The van der Waals surface area contributed by atoms with Gasteiger partial charge in [-0.25, -0.2) is 43.9 Å². The number of nitro groups is 3. The molecule has 5 aromatic rings. The largest absolute Gasteiger partial charge is 0.490 e. The molecule has 5 aromatic heterocycles. The third-order valence-electron chi connectivity index (χ3n) is 27.4. The lowest BCUT2D eigenvalue weighted by Gasteiger charge is -2.45. The number of rotatable bonds is 29. The van der Waals surface area contributed by atoms with Crippen molar-refractivity contribution in [1.29, 1.82) is 0 Å². The second kappa shape index (κ2) is 52.5. The van der Waals surface area contributed by atoms with Gasteiger partial charge >= 0.3 is 44.1 Å². The maximum atomic E-state index is 12.6. The molecule has 0 radical (unpaired) electrons. The van der Waals surface area contributed by atoms with Crippen LogP contribution in [-0.4, -0.2) is 195 Å². The van der Waals surface area contributed by atoms with Crippen molar-refractivity contribution in [3.05, 3.63) is 183 Å². The minimum absolute atomic E-state index is 0.00296. The summed E-state index contributed by atoms with van der Waals surface area (Å²) in [6.07, 6.45) is 29.7. The number of hydrogen-bond donors (Lipinski definition) is 2. The SMILES string of the molecule is CC1(C)CC=C(B2OC(C)(C)C(C)(C)O2)CC1.CCCCOC(=O)C1(C)C=C(c2ccc([N+](=O)[O-])cn2)CC(C)(C)O1.CCCCOC(=O)C1(C)CC(B2OC(C)(C)C(C)(C)O2)=CC(C)(C)O1.CCCCOC(=O)C1(C)CC(c2ccc(N)c(Br)n2)CC(C)(C)O1.CCCCOC(=O)C1(C)CC(c2ccc(N)cn2)CC(C)(C)O1.CCCCOC(=O)C1(C)CC(c2ccc([N+](=O)[O-])cn2)=CC(C)(C)O1.O=[N+]([O-])c1ccc(Br)nc1. The van der Waals surface area contributed by atoms with E-state index in [0.717, 1.165) is 118 Å². The minimum atomic E-state index is -1.21. The smallest absolute Gasteiger partial charge is 0.464 e. The number of esters is 5. The molecule has 13 rings (SSSR count). The van der Waals surface area contributed by atoms with Gasteiger partial charge in [-0.3, -0.25) is 35.3 Å². The molecule has 7 aliphatic heterocycles. The van der Waals surface area contributed by atoms with Crippen molar-refractivity contribution in [3.63, 3.8) is 0 Å². The molecule has 39 heteroatoms. The maximum absolute atomic E-state index is 12.6. The third kappa shape index (κ3) is 36.9. The number of unbranched alkanes of at least 4 members (excludes halogenated alkanes) is 5. The van der Waals surface area contributed by atoms with E-state index in [9.17, 15) is 54.3 Å². The van der Waals surface area contributed by atoms with Gasteiger partial charge in [0.2, 0.25) is 0 Å². The Kier molecular flexibility index (Phi) is 44.6. The third-order valence-corrected chi connectivity index (χ3v) is 28.5. The van der Waals surface area contributed by atoms with E-state index in [4.69, 9.17) is 77.5 Å². The van der Waals surface area contributed by atoms with Gasteiger partial charge in [0.15, 0.2) is 28.0 Å². The molecule has 7 unspecified atom stereocenters. The number of halogens is 2. The zero-order chi connectivity index (χ0) is 112. The number of carbonyl (C=O) groups excluding carboxylic acids is 5. The summed E-state index contributed by atoms with van der Waals surface area (Å²) in [7, 11) is -0.605. The molecular formula is C110H164B2Br2N10O25. The van der Waals surface area contributed by atoms with Gasteiger partial charge in [-0.05, 0) is 350 Å². The Bertz CT molecular complexity index is 5470. The first-order valence-electron chi connectivity index (χ1n) is 51.9. The van der Waals surface area contributed by atoms with E-state index in [1.807, 2.05) is 161 Å². The predicted molar refractivity (Wildman–Crippen MR) is 582 cm³/mol. The van der Waals surface area contributed by atoms with Gasteiger partial charge in [0.1, 0.15) is 27.8 Å². The lowest BCUT2D eigenvalue weighted by atomic mass is 9.67. The Morgan fingerprint density at radius 3 is 1.15 bits per heavy atom. The van der Waals surface area contributed by atoms with E-state index >= 15 is 0 Å². The summed E-state index contributed by atoms with van der Waals surface area (Å²) in [5, 5.41) is 31.6. The van der Waals surface area contributed by atoms with Crippen LogP contribution in [0.15, 0.2) is 130 Å². The zero-order valence-electron chi connectivity index (χ0n) is 93.6. The van der Waals surface area contributed by atoms with Crippen LogP contribution in [0.3, 0.4) is 0 Å². The van der Waals surface area contributed by atoms with Crippen molar-refractivity contribution in [2.24, 2.45) is 5.41 Å². The second-order valence-electron chi connectivity index (χ2n) is 46.1. The van der Waals surface area contributed by atoms with Crippen LogP contribution in [0.1, 0.15) is 371 Å². The fourth-order valence-electron chi connectivity index (χ4n) is 18.4. The minimum Gasteiger partial charge on any atom is -0.464 e. The number of ether oxygens (including phenoxy) is 10. The highest BCUT2D eigenvalue weighted by Gasteiger charge is 2.58. The van der Waals surface area contributed by atoms with Crippen molar-refractivity contribution in [2.75, 3.05) is 44.5 Å². The number of anilines is 2. The second-order valence-corrected chi connectivity index (χ2v) is 47.7. The fraction of sp³-hybridized carbons (Fsp3) is 0.655. The van der Waals surface area contributed by atoms with Gasteiger partial charge in [0.05, 0.1) is 127 Å². The van der Waals surface area contributed by atoms with E-state index in [2.05, 4.69) is 125 Å². The first-order chi connectivity index (χ1) is 68.9. The van der Waals surface area contributed by atoms with Gasteiger partial charge in [0.25, 0.3) is 17.1 Å². The molecule has 4 saturated heterocycles. The van der Waals surface area contributed by atoms with Crippen LogP contribution in [0, 0.1) is 35.8 Å². The Hall–Kier alpha value is -9.41. The summed E-state index contributed by atoms with van der Waals surface area (Å²) in [6.45, 7) is 61.7. The average Bonchev–Trinajstić information content (AvgIpc) is 1.33. The molecule has 1 aliphatic carbocycles. The van der Waals surface area contributed by atoms with Gasteiger partial charge < -0.3 is 77.5 Å². The van der Waals surface area contributed by atoms with Crippen molar-refractivity contribution < 1.29 is 105 Å². The summed E-state index contributed by atoms with van der Waals surface area (Å²) in [6, 6.07) is 16.5. The molecule has 4 fully saturated rings. The normalized spacial score (nSPS) is 24.9. The molecule has 0 amide bonds. The van der Waals surface area contributed by atoms with E-state index in [1.54, 1.807) is 45.2 Å². The number of nitrogens with two attached hydrogens (primary N) is 2. The highest BCUT2D eigenvalue weighted by molar-refractivity contribution is 9.10. The van der Waals surface area contributed by atoms with E-state index in [0.29, 0.717) is 103 Å². The van der Waals surface area contributed by atoms with Crippen LogP contribution < -0.4 is 11.5 Å². The Labute approximate surface area is 899 Å². The van der Waals surface area contributed by atoms with Gasteiger partial charge in [0, 0.05) is 60.7 Å². The standard InChI is InChI=1S/C19H33BO5.C18H27BrN2O3.2C18H24N2O5.C18H28N2O3.C14H25BO2.C5H3BrN2O2/c1-9-10-11-22-15(21)19(8)13-14(12-16(2,3)23-19)20-24-17(4,5)18(6,7)25-20;1-5-6-9-23-16(22)18(4)11-12(10-17(2,3)24-18)14-8-7-13(20)15(19)21-14;2*1-5-6-9-24-16(21)18(4)11-13(10-17(2,3)25-18)15-8-7-14(12-19-15)20(22)23;1-5-6-9-22-16(21)18(4)11-13(10-17(2,3)23-18)15-8-7-14(19)12-20-15;1-12(2)9-7-11(8-10-12)15-16-13(3,4)14(5,6)17-15;6-5-2-1-4(3-7-5)8(9)10/h12H,9-11,13H2,1-8H3;7-8,12H,5-6,9-11,20H2,1-4H3;7-8,11-12H,5-6,9-10H2,1-4H3;7-8,10,12H,5-6,9,11H2,1-4H3;7-8,12-13H,5-6,9-11,19H2,1-4H3;7H,8-10H2,1-6H3;1-3H. The number of nitrogens with zero attached hydrogens (tertiary/aromatic N) is 8. The molecule has 0 saturated carbocycles. The lowest BCUT2D eigenvalue weighted by Crippen LogP contribution is -2.52. The molecule has 0 bridgehead atoms. The molecule has 149 heavy (non-hydrogen) atoms. The summed E-state index contributed by atoms with van der Waals surface area (Å²) >= 11 is 6.44. The molecule has 824 valence electrons. The van der Waals surface area contributed by atoms with Crippen LogP contribution in [-0.2, 0) is 90.0 Å². The zero-order valence-corrected chi connectivity index (χ0v) is 96.7. The topological polar surface area (TPSA) is 460 Å². The number of aromatic nitrogens is 5. The lowest BCUT2D eigenvalue weighted by molar-refractivity contribution is -0.385. The Morgan fingerprint density at radius 2 is 0.779 bits per heavy atom. The number of carbonyl (C=O) groups is 5. The summed E-state index contributed by atoms with van der Waals surface area (Å²) in [5.41, 5.74) is 10.8. The molecular weight excluding hydrogens is 2040 g/mol. The van der Waals surface area contributed by atoms with Crippen molar-refractivity contribution in [1.82, 2.24) is 24.9 Å². The number of allylic oxidation sites excluding steroid dienone is 2. The monoisotopic (exact) mass is 2210 g/mol. The quantitative estimate of drug-likeness (QED) is 0.00854. The molecule has 7 atom stereocenters. The maximum Gasteiger partial charge on any atom is 0.490 e. The van der Waals surface area contributed by atoms with Crippen molar-refractivity contribution in [2.45, 2.75) is 426 Å². The van der Waals surface area contributed by atoms with E-state index in [1.165, 1.54) is 54.7 Å². The highest BCUT2D eigenvalue weighted by atomic mass is 79.9. The van der Waals surface area contributed by atoms with Gasteiger partial charge in [-0.1, -0.05) is 92.7 Å². The molecule has 0 aromatic carbocycles. The summed E-state index contributed by atoms with van der Waals surface area (Å²) in [4.78, 5) is 114. The first-order valence-corrected chi connectivity index (χ1v) is 53.5. The van der Waals surface area contributed by atoms with Gasteiger partial charge in [-0.2, -0.15) is 0 Å². The predicted octanol–water partition coefficient (Wildman–Crippen LogP) is 24.3. The Morgan fingerprint density at radius 1 is 0.403 bits per heavy atom. The van der Waals surface area contributed by atoms with Gasteiger partial charge in [-0.15, -0.1) is 0 Å². The van der Waals surface area contributed by atoms with E-state index in [-0.39, 0.29) is 65.1 Å². The van der Waals surface area contributed by atoms with Crippen LogP contribution in [0.4, 0.5) is 28.4 Å². The molecule has 4 N–H and O–H groups in total. The van der Waals surface area contributed by atoms with Crippen molar-refractivity contribution in [3.8, 4) is 0 Å². The average molecular weight is 2210 g/mol. The van der Waals surface area contributed by atoms with Crippen LogP contribution in [0.5, 0.6) is 0 Å².